The molecule has 3 aromatic carbocycles. The summed E-state index contributed by atoms with van der Waals surface area (Å²) in [6, 6.07) is 23.1. The molecule has 4 aromatic rings. The molecule has 0 radical (unpaired) electrons. The molecule has 22 heavy (non-hydrogen) atoms. The summed E-state index contributed by atoms with van der Waals surface area (Å²) < 4.78 is 5.87. The topological polar surface area (TPSA) is 13.1 Å². The van der Waals surface area contributed by atoms with Gasteiger partial charge in [0, 0.05) is 10.8 Å². The molecule has 1 heteroatoms. The van der Waals surface area contributed by atoms with Gasteiger partial charge in [-0.3, -0.25) is 0 Å². The summed E-state index contributed by atoms with van der Waals surface area (Å²) in [6.07, 6.45) is 0. The first-order valence-electron chi connectivity index (χ1n) is 7.80. The van der Waals surface area contributed by atoms with Crippen LogP contribution in [-0.2, 0) is 0 Å². The molecule has 0 aliphatic carbocycles. The first-order chi connectivity index (χ1) is 10.8. The summed E-state index contributed by atoms with van der Waals surface area (Å²) in [6.45, 7) is 6.15. The molecular formula is C21H20O. The van der Waals surface area contributed by atoms with Crippen molar-refractivity contribution in [3.8, 4) is 11.1 Å². The maximum atomic E-state index is 5.87. The molecular weight excluding hydrogens is 268 g/mol. The Morgan fingerprint density at radius 3 is 2.18 bits per heavy atom. The first-order valence-corrected chi connectivity index (χ1v) is 7.80. The number of benzene rings is 3. The van der Waals surface area contributed by atoms with Crippen molar-refractivity contribution in [1.29, 1.82) is 0 Å². The normalized spacial score (nSPS) is 10.5. The predicted molar refractivity (Wildman–Crippen MR) is 95.2 cm³/mol. The Kier molecular flexibility index (Phi) is 3.97. The van der Waals surface area contributed by atoms with Gasteiger partial charge < -0.3 is 4.42 Å². The van der Waals surface area contributed by atoms with Crippen LogP contribution in [0.5, 0.6) is 0 Å². The monoisotopic (exact) mass is 288 g/mol. The molecule has 0 saturated carbocycles. The molecule has 0 spiro atoms. The first kappa shape index (κ1) is 14.4. The highest BCUT2D eigenvalue weighted by Gasteiger charge is 2.08. The van der Waals surface area contributed by atoms with Crippen LogP contribution in [0.25, 0.3) is 33.1 Å². The lowest BCUT2D eigenvalue weighted by Crippen LogP contribution is -1.81. The average Bonchev–Trinajstić information content (AvgIpc) is 2.95. The van der Waals surface area contributed by atoms with Gasteiger partial charge in [0.15, 0.2) is 0 Å². The number of aryl methyl sites for hydroxylation is 1. The van der Waals surface area contributed by atoms with E-state index in [-0.39, 0.29) is 0 Å². The molecule has 0 aliphatic rings. The fraction of sp³-hybridized carbons (Fsp3) is 0.143. The maximum Gasteiger partial charge on any atom is 0.135 e. The van der Waals surface area contributed by atoms with E-state index in [0.717, 1.165) is 11.2 Å². The molecule has 0 bridgehead atoms. The Hall–Kier alpha value is -2.54. The Morgan fingerprint density at radius 1 is 0.682 bits per heavy atom. The van der Waals surface area contributed by atoms with Crippen LogP contribution in [-0.4, -0.2) is 0 Å². The van der Waals surface area contributed by atoms with E-state index in [1.807, 2.05) is 26.0 Å². The molecule has 0 fully saturated rings. The van der Waals surface area contributed by atoms with E-state index in [9.17, 15) is 0 Å². The maximum absolute atomic E-state index is 5.87. The van der Waals surface area contributed by atoms with Gasteiger partial charge in [0.2, 0.25) is 0 Å². The second kappa shape index (κ2) is 6.07. The number of para-hydroxylation sites is 1. The highest BCUT2D eigenvalue weighted by Crippen LogP contribution is 2.33. The van der Waals surface area contributed by atoms with Gasteiger partial charge >= 0.3 is 0 Å². The van der Waals surface area contributed by atoms with Crippen molar-refractivity contribution in [2.24, 2.45) is 0 Å². The van der Waals surface area contributed by atoms with Crippen LogP contribution >= 0.6 is 0 Å². The minimum atomic E-state index is 0.948. The lowest BCUT2D eigenvalue weighted by atomic mass is 9.99. The number of hydrogen-bond acceptors (Lipinski definition) is 1. The van der Waals surface area contributed by atoms with E-state index >= 15 is 0 Å². The largest absolute Gasteiger partial charge is 0.456 e. The average molecular weight is 288 g/mol. The Bertz CT molecular complexity index is 915. The Morgan fingerprint density at radius 2 is 1.36 bits per heavy atom. The minimum Gasteiger partial charge on any atom is -0.456 e. The molecule has 0 atom stereocenters. The second-order valence-corrected chi connectivity index (χ2v) is 5.12. The minimum absolute atomic E-state index is 0.948. The fourth-order valence-corrected chi connectivity index (χ4v) is 2.79. The van der Waals surface area contributed by atoms with Crippen molar-refractivity contribution in [2.45, 2.75) is 20.8 Å². The van der Waals surface area contributed by atoms with Gasteiger partial charge in [0.1, 0.15) is 11.2 Å². The molecule has 1 aromatic heterocycles. The molecule has 0 saturated heterocycles. The summed E-state index contributed by atoms with van der Waals surface area (Å²) in [5, 5.41) is 2.36. The van der Waals surface area contributed by atoms with E-state index in [2.05, 4.69) is 61.5 Å². The Labute approximate surface area is 131 Å². The van der Waals surface area contributed by atoms with E-state index in [1.54, 1.807) is 0 Å². The molecule has 0 unspecified atom stereocenters. The van der Waals surface area contributed by atoms with E-state index in [1.165, 1.54) is 27.5 Å². The number of rotatable bonds is 1. The van der Waals surface area contributed by atoms with Crippen LogP contribution in [0.2, 0.25) is 0 Å². The van der Waals surface area contributed by atoms with E-state index in [4.69, 9.17) is 4.42 Å². The van der Waals surface area contributed by atoms with Crippen LogP contribution in [0.4, 0.5) is 0 Å². The summed E-state index contributed by atoms with van der Waals surface area (Å²) in [7, 11) is 0. The molecule has 1 heterocycles. The SMILES string of the molecule is CC.Cc1ccccc1-c1ccc2oc3ccccc3c2c1. The molecule has 0 amide bonds. The van der Waals surface area contributed by atoms with Crippen LogP contribution in [0.1, 0.15) is 19.4 Å². The van der Waals surface area contributed by atoms with Crippen LogP contribution < -0.4 is 0 Å². The number of fused-ring (bicyclic) bond motifs is 3. The zero-order valence-corrected chi connectivity index (χ0v) is 13.3. The highest BCUT2D eigenvalue weighted by atomic mass is 16.3. The lowest BCUT2D eigenvalue weighted by molar-refractivity contribution is 0.669. The van der Waals surface area contributed by atoms with E-state index < -0.39 is 0 Å². The van der Waals surface area contributed by atoms with Gasteiger partial charge in [-0.25, -0.2) is 0 Å². The molecule has 0 N–H and O–H groups in total. The van der Waals surface area contributed by atoms with Gasteiger partial charge in [-0.2, -0.15) is 0 Å². The summed E-state index contributed by atoms with van der Waals surface area (Å²) in [5.74, 6) is 0. The van der Waals surface area contributed by atoms with E-state index in [0.29, 0.717) is 0 Å². The molecule has 4 rings (SSSR count). The summed E-state index contributed by atoms with van der Waals surface area (Å²) in [5.41, 5.74) is 5.70. The van der Waals surface area contributed by atoms with Gasteiger partial charge in [-0.1, -0.05) is 62.4 Å². The third kappa shape index (κ3) is 2.39. The van der Waals surface area contributed by atoms with Crippen LogP contribution in [0.3, 0.4) is 0 Å². The molecule has 110 valence electrons. The molecule has 1 nitrogen and oxygen atoms in total. The van der Waals surface area contributed by atoms with Crippen molar-refractivity contribution in [3.63, 3.8) is 0 Å². The number of hydrogen-bond donors (Lipinski definition) is 0. The zero-order valence-electron chi connectivity index (χ0n) is 13.3. The van der Waals surface area contributed by atoms with Crippen LogP contribution in [0.15, 0.2) is 71.1 Å². The van der Waals surface area contributed by atoms with Gasteiger partial charge in [-0.15, -0.1) is 0 Å². The smallest absolute Gasteiger partial charge is 0.135 e. The van der Waals surface area contributed by atoms with Gasteiger partial charge in [0.05, 0.1) is 0 Å². The number of furan rings is 1. The van der Waals surface area contributed by atoms with Crippen molar-refractivity contribution < 1.29 is 4.42 Å². The van der Waals surface area contributed by atoms with Crippen LogP contribution in [0, 0.1) is 6.92 Å². The van der Waals surface area contributed by atoms with Crippen molar-refractivity contribution >= 4 is 21.9 Å². The quantitative estimate of drug-likeness (QED) is 0.385. The molecule has 0 aliphatic heterocycles. The standard InChI is InChI=1S/C19H14O.C2H6/c1-13-6-2-3-7-15(13)14-10-11-19-17(12-14)16-8-4-5-9-18(16)20-19;1-2/h2-12H,1H3;1-2H3. The summed E-state index contributed by atoms with van der Waals surface area (Å²) in [4.78, 5) is 0. The third-order valence-corrected chi connectivity index (χ3v) is 3.83. The zero-order chi connectivity index (χ0) is 15.5. The van der Waals surface area contributed by atoms with Gasteiger partial charge in [-0.05, 0) is 41.8 Å². The third-order valence-electron chi connectivity index (χ3n) is 3.83. The van der Waals surface area contributed by atoms with Crippen molar-refractivity contribution in [1.82, 2.24) is 0 Å². The summed E-state index contributed by atoms with van der Waals surface area (Å²) >= 11 is 0. The van der Waals surface area contributed by atoms with Crippen molar-refractivity contribution in [2.75, 3.05) is 0 Å². The second-order valence-electron chi connectivity index (χ2n) is 5.12. The predicted octanol–water partition coefficient (Wildman–Crippen LogP) is 6.59. The Balaban J connectivity index is 0.000000693. The van der Waals surface area contributed by atoms with Gasteiger partial charge in [0.25, 0.3) is 0 Å². The highest BCUT2D eigenvalue weighted by molar-refractivity contribution is 6.06. The van der Waals surface area contributed by atoms with Crippen molar-refractivity contribution in [3.05, 3.63) is 72.3 Å². The lowest BCUT2D eigenvalue weighted by Gasteiger charge is -2.05. The fourth-order valence-electron chi connectivity index (χ4n) is 2.79.